The van der Waals surface area contributed by atoms with Gasteiger partial charge in [0.1, 0.15) is 0 Å². The number of piperidine rings is 1. The highest BCUT2D eigenvalue weighted by Crippen LogP contribution is 2.20. The molecule has 1 amide bonds. The molecule has 26 heavy (non-hydrogen) atoms. The molecular weight excluding hydrogens is 412 g/mol. The number of carbonyl (C=O) groups excluding carboxylic acids is 1. The van der Waals surface area contributed by atoms with E-state index in [1.165, 1.54) is 11.1 Å². The number of nitrogens with zero attached hydrogens (tertiary/aromatic N) is 1. The van der Waals surface area contributed by atoms with E-state index >= 15 is 0 Å². The molecule has 0 unspecified atom stereocenters. The summed E-state index contributed by atoms with van der Waals surface area (Å²) in [5.41, 5.74) is 2.51. The van der Waals surface area contributed by atoms with Crippen molar-refractivity contribution in [1.29, 1.82) is 0 Å². The van der Waals surface area contributed by atoms with E-state index in [0.717, 1.165) is 48.4 Å². The normalized spacial score (nSPS) is 15.8. The van der Waals surface area contributed by atoms with Crippen LogP contribution in [-0.4, -0.2) is 30.4 Å². The predicted octanol–water partition coefficient (Wildman–Crippen LogP) is 4.67. The van der Waals surface area contributed by atoms with Crippen molar-refractivity contribution in [2.75, 3.05) is 19.6 Å². The van der Waals surface area contributed by atoms with E-state index in [9.17, 15) is 4.79 Å². The van der Waals surface area contributed by atoms with Gasteiger partial charge in [-0.05, 0) is 67.7 Å². The first-order chi connectivity index (χ1) is 12.6. The van der Waals surface area contributed by atoms with Gasteiger partial charge < -0.3 is 5.32 Å². The molecule has 1 aliphatic rings. The van der Waals surface area contributed by atoms with E-state index in [0.29, 0.717) is 6.54 Å². The summed E-state index contributed by atoms with van der Waals surface area (Å²) >= 11 is 9.36. The first-order valence-electron chi connectivity index (χ1n) is 9.09. The second-order valence-electron chi connectivity index (χ2n) is 6.84. The smallest absolute Gasteiger partial charge is 0.223 e. The molecule has 138 valence electrons. The Labute approximate surface area is 168 Å². The molecule has 0 bridgehead atoms. The molecule has 2 aromatic rings. The van der Waals surface area contributed by atoms with Gasteiger partial charge in [0, 0.05) is 28.5 Å². The standard InChI is InChI=1S/C21H24BrClN2O/c22-19-5-1-17(2-6-19)15-25-13-10-18(11-14-25)21(26)24-12-9-16-3-7-20(23)8-4-16/h1-8,18H,9-15H2,(H,24,26). The molecule has 1 fully saturated rings. The monoisotopic (exact) mass is 434 g/mol. The van der Waals surface area contributed by atoms with Crippen LogP contribution in [0.1, 0.15) is 24.0 Å². The average Bonchev–Trinajstić information content (AvgIpc) is 2.66. The van der Waals surface area contributed by atoms with Crippen LogP contribution in [0, 0.1) is 5.92 Å². The minimum absolute atomic E-state index is 0.140. The van der Waals surface area contributed by atoms with Crippen LogP contribution in [0.2, 0.25) is 5.02 Å². The number of hydrogen-bond acceptors (Lipinski definition) is 2. The van der Waals surface area contributed by atoms with Crippen molar-refractivity contribution < 1.29 is 4.79 Å². The van der Waals surface area contributed by atoms with Gasteiger partial charge in [-0.3, -0.25) is 9.69 Å². The molecule has 3 rings (SSSR count). The zero-order chi connectivity index (χ0) is 18.4. The number of likely N-dealkylation sites (tertiary alicyclic amines) is 1. The molecule has 1 saturated heterocycles. The van der Waals surface area contributed by atoms with Crippen molar-refractivity contribution >= 4 is 33.4 Å². The highest BCUT2D eigenvalue weighted by Gasteiger charge is 2.24. The number of halogens is 2. The summed E-state index contributed by atoms with van der Waals surface area (Å²) in [6, 6.07) is 16.3. The largest absolute Gasteiger partial charge is 0.356 e. The Morgan fingerprint density at radius 2 is 1.65 bits per heavy atom. The highest BCUT2D eigenvalue weighted by molar-refractivity contribution is 9.10. The third-order valence-electron chi connectivity index (χ3n) is 4.90. The predicted molar refractivity (Wildman–Crippen MR) is 110 cm³/mol. The fourth-order valence-electron chi connectivity index (χ4n) is 3.33. The first kappa shape index (κ1) is 19.4. The zero-order valence-electron chi connectivity index (χ0n) is 14.8. The van der Waals surface area contributed by atoms with Crippen LogP contribution >= 0.6 is 27.5 Å². The number of carbonyl (C=O) groups is 1. The van der Waals surface area contributed by atoms with Crippen molar-refractivity contribution in [1.82, 2.24) is 10.2 Å². The van der Waals surface area contributed by atoms with Crippen molar-refractivity contribution in [3.05, 3.63) is 69.2 Å². The fraction of sp³-hybridized carbons (Fsp3) is 0.381. The third kappa shape index (κ3) is 5.83. The molecule has 0 radical (unpaired) electrons. The minimum atomic E-state index is 0.140. The van der Waals surface area contributed by atoms with E-state index < -0.39 is 0 Å². The van der Waals surface area contributed by atoms with Gasteiger partial charge in [0.2, 0.25) is 5.91 Å². The number of benzene rings is 2. The van der Waals surface area contributed by atoms with Crippen LogP contribution in [0.4, 0.5) is 0 Å². The average molecular weight is 436 g/mol. The zero-order valence-corrected chi connectivity index (χ0v) is 17.1. The first-order valence-corrected chi connectivity index (χ1v) is 10.3. The topological polar surface area (TPSA) is 32.3 Å². The van der Waals surface area contributed by atoms with Gasteiger partial charge in [-0.2, -0.15) is 0 Å². The molecule has 1 heterocycles. The lowest BCUT2D eigenvalue weighted by molar-refractivity contribution is -0.126. The summed E-state index contributed by atoms with van der Waals surface area (Å²) < 4.78 is 1.11. The number of rotatable bonds is 6. The molecule has 0 atom stereocenters. The Morgan fingerprint density at radius 3 is 2.31 bits per heavy atom. The Balaban J connectivity index is 1.37. The Bertz CT molecular complexity index is 710. The van der Waals surface area contributed by atoms with Crippen molar-refractivity contribution in [3.8, 4) is 0 Å². The molecule has 0 aromatic heterocycles. The van der Waals surface area contributed by atoms with Gasteiger partial charge in [-0.1, -0.05) is 51.8 Å². The molecule has 0 spiro atoms. The number of hydrogen-bond donors (Lipinski definition) is 1. The van der Waals surface area contributed by atoms with E-state index in [4.69, 9.17) is 11.6 Å². The van der Waals surface area contributed by atoms with Gasteiger partial charge in [0.05, 0.1) is 0 Å². The molecule has 1 aliphatic heterocycles. The van der Waals surface area contributed by atoms with E-state index in [1.807, 2.05) is 24.3 Å². The third-order valence-corrected chi connectivity index (χ3v) is 5.68. The summed E-state index contributed by atoms with van der Waals surface area (Å²) in [6.45, 7) is 3.59. The maximum Gasteiger partial charge on any atom is 0.223 e. The second kappa shape index (κ2) is 9.54. The van der Waals surface area contributed by atoms with Gasteiger partial charge in [-0.15, -0.1) is 0 Å². The summed E-state index contributed by atoms with van der Waals surface area (Å²) in [6.07, 6.45) is 2.71. The molecule has 0 aliphatic carbocycles. The molecule has 1 N–H and O–H groups in total. The summed E-state index contributed by atoms with van der Waals surface area (Å²) in [7, 11) is 0. The molecule has 3 nitrogen and oxygen atoms in total. The lowest BCUT2D eigenvalue weighted by Crippen LogP contribution is -2.40. The Morgan fingerprint density at radius 1 is 1.04 bits per heavy atom. The van der Waals surface area contributed by atoms with Crippen molar-refractivity contribution in [3.63, 3.8) is 0 Å². The lowest BCUT2D eigenvalue weighted by atomic mass is 9.95. The van der Waals surface area contributed by atoms with Crippen LogP contribution in [0.5, 0.6) is 0 Å². The Kier molecular flexibility index (Phi) is 7.12. The Hall–Kier alpha value is -1.36. The highest BCUT2D eigenvalue weighted by atomic mass is 79.9. The van der Waals surface area contributed by atoms with Crippen LogP contribution in [-0.2, 0) is 17.8 Å². The van der Waals surface area contributed by atoms with Crippen molar-refractivity contribution in [2.24, 2.45) is 5.92 Å². The minimum Gasteiger partial charge on any atom is -0.356 e. The lowest BCUT2D eigenvalue weighted by Gasteiger charge is -2.31. The number of amides is 1. The van der Waals surface area contributed by atoms with E-state index in [-0.39, 0.29) is 11.8 Å². The van der Waals surface area contributed by atoms with Crippen LogP contribution < -0.4 is 5.32 Å². The van der Waals surface area contributed by atoms with Gasteiger partial charge >= 0.3 is 0 Å². The van der Waals surface area contributed by atoms with Crippen molar-refractivity contribution in [2.45, 2.75) is 25.8 Å². The van der Waals surface area contributed by atoms with Crippen LogP contribution in [0.25, 0.3) is 0 Å². The summed E-state index contributed by atoms with van der Waals surface area (Å²) in [5, 5.41) is 3.83. The van der Waals surface area contributed by atoms with Gasteiger partial charge in [0.15, 0.2) is 0 Å². The van der Waals surface area contributed by atoms with E-state index in [2.05, 4.69) is 50.4 Å². The summed E-state index contributed by atoms with van der Waals surface area (Å²) in [5.74, 6) is 0.337. The molecule has 2 aromatic carbocycles. The van der Waals surface area contributed by atoms with Gasteiger partial charge in [0.25, 0.3) is 0 Å². The summed E-state index contributed by atoms with van der Waals surface area (Å²) in [4.78, 5) is 14.8. The maximum absolute atomic E-state index is 12.4. The molecule has 5 heteroatoms. The number of nitrogens with one attached hydrogen (secondary N) is 1. The maximum atomic E-state index is 12.4. The van der Waals surface area contributed by atoms with Crippen LogP contribution in [0.15, 0.2) is 53.0 Å². The molecular formula is C21H24BrClN2O. The fourth-order valence-corrected chi connectivity index (χ4v) is 3.72. The van der Waals surface area contributed by atoms with E-state index in [1.54, 1.807) is 0 Å². The quantitative estimate of drug-likeness (QED) is 0.715. The van der Waals surface area contributed by atoms with Gasteiger partial charge in [-0.25, -0.2) is 0 Å². The van der Waals surface area contributed by atoms with Crippen LogP contribution in [0.3, 0.4) is 0 Å². The second-order valence-corrected chi connectivity index (χ2v) is 8.20. The SMILES string of the molecule is O=C(NCCc1ccc(Cl)cc1)C1CCN(Cc2ccc(Br)cc2)CC1. The molecule has 0 saturated carbocycles.